The quantitative estimate of drug-likeness (QED) is 0.767. The normalized spacial score (nSPS) is 12.2. The molecule has 0 bridgehead atoms. The van der Waals surface area contributed by atoms with Crippen molar-refractivity contribution in [1.82, 2.24) is 5.32 Å². The maximum Gasteiger partial charge on any atom is 0.326 e. The third-order valence-electron chi connectivity index (χ3n) is 3.05. The number of carbonyl (C=O) groups excluding carboxylic acids is 1. The number of benzene rings is 1. The van der Waals surface area contributed by atoms with Crippen LogP contribution in [0.25, 0.3) is 0 Å². The Morgan fingerprint density at radius 1 is 1.20 bits per heavy atom. The number of aryl methyl sites for hydroxylation is 1. The number of aliphatic carboxylic acids is 1. The Balaban J connectivity index is 2.33. The zero-order chi connectivity index (χ0) is 15.0. The Bertz CT molecular complexity index is 429. The predicted octanol–water partition coefficient (Wildman–Crippen LogP) is 2.62. The Labute approximate surface area is 120 Å². The van der Waals surface area contributed by atoms with Crippen LogP contribution in [0.4, 0.5) is 0 Å². The highest BCUT2D eigenvalue weighted by Crippen LogP contribution is 2.07. The molecule has 1 rings (SSSR count). The molecule has 0 aliphatic heterocycles. The van der Waals surface area contributed by atoms with Crippen molar-refractivity contribution < 1.29 is 14.7 Å². The summed E-state index contributed by atoms with van der Waals surface area (Å²) in [4.78, 5) is 22.8. The summed E-state index contributed by atoms with van der Waals surface area (Å²) in [5.74, 6) is -0.912. The Hall–Kier alpha value is -1.84. The number of amides is 1. The average Bonchev–Trinajstić information content (AvgIpc) is 2.38. The molecule has 1 amide bonds. The molecular formula is C16H23NO3. The maximum absolute atomic E-state index is 11.8. The monoisotopic (exact) mass is 277 g/mol. The number of carboxylic acid groups (broad SMARTS) is 1. The molecule has 0 aliphatic rings. The lowest BCUT2D eigenvalue weighted by Crippen LogP contribution is -2.41. The van der Waals surface area contributed by atoms with Crippen molar-refractivity contribution in [3.63, 3.8) is 0 Å². The van der Waals surface area contributed by atoms with Gasteiger partial charge < -0.3 is 10.4 Å². The largest absolute Gasteiger partial charge is 0.480 e. The average molecular weight is 277 g/mol. The molecule has 20 heavy (non-hydrogen) atoms. The lowest BCUT2D eigenvalue weighted by molar-refractivity contribution is -0.142. The fourth-order valence-electron chi connectivity index (χ4n) is 2.06. The highest BCUT2D eigenvalue weighted by molar-refractivity contribution is 5.83. The summed E-state index contributed by atoms with van der Waals surface area (Å²) in [5.41, 5.74) is 1.19. The number of rotatable bonds is 8. The molecule has 0 fully saturated rings. The molecule has 1 aromatic rings. The van der Waals surface area contributed by atoms with Gasteiger partial charge in [-0.05, 0) is 30.7 Å². The molecule has 4 heteroatoms. The standard InChI is InChI=1S/C16H23NO3/c1-12(2)11-14(16(19)20)17-15(18)10-6-9-13-7-4-3-5-8-13/h3-5,7-8,12,14H,6,9-11H2,1-2H3,(H,17,18)(H,19,20)/t14-/m0/s1. The summed E-state index contributed by atoms with van der Waals surface area (Å²) in [5, 5.41) is 11.7. The van der Waals surface area contributed by atoms with Gasteiger partial charge >= 0.3 is 5.97 Å². The molecule has 1 atom stereocenters. The Morgan fingerprint density at radius 2 is 1.85 bits per heavy atom. The summed E-state index contributed by atoms with van der Waals surface area (Å²) in [6.45, 7) is 3.88. The molecule has 1 aromatic carbocycles. The van der Waals surface area contributed by atoms with Crippen LogP contribution in [0.15, 0.2) is 30.3 Å². The number of hydrogen-bond donors (Lipinski definition) is 2. The van der Waals surface area contributed by atoms with Gasteiger partial charge in [0, 0.05) is 6.42 Å². The van der Waals surface area contributed by atoms with Crippen molar-refractivity contribution in [2.24, 2.45) is 5.92 Å². The van der Waals surface area contributed by atoms with E-state index in [-0.39, 0.29) is 11.8 Å². The third kappa shape index (κ3) is 6.36. The summed E-state index contributed by atoms with van der Waals surface area (Å²) in [7, 11) is 0. The molecule has 0 aliphatic carbocycles. The minimum atomic E-state index is -0.963. The zero-order valence-electron chi connectivity index (χ0n) is 12.1. The van der Waals surface area contributed by atoms with E-state index in [1.807, 2.05) is 44.2 Å². The Kier molecular flexibility index (Phi) is 6.77. The first-order valence-corrected chi connectivity index (χ1v) is 7.05. The van der Waals surface area contributed by atoms with Crippen LogP contribution < -0.4 is 5.32 Å². The minimum Gasteiger partial charge on any atom is -0.480 e. The van der Waals surface area contributed by atoms with Gasteiger partial charge in [-0.3, -0.25) is 4.79 Å². The van der Waals surface area contributed by atoms with Gasteiger partial charge in [0.1, 0.15) is 6.04 Å². The lowest BCUT2D eigenvalue weighted by Gasteiger charge is -2.16. The molecule has 4 nitrogen and oxygen atoms in total. The molecule has 0 spiro atoms. The van der Waals surface area contributed by atoms with Crippen molar-refractivity contribution >= 4 is 11.9 Å². The van der Waals surface area contributed by atoms with E-state index in [1.54, 1.807) is 0 Å². The van der Waals surface area contributed by atoms with E-state index < -0.39 is 12.0 Å². The van der Waals surface area contributed by atoms with Gasteiger partial charge in [0.2, 0.25) is 5.91 Å². The van der Waals surface area contributed by atoms with Crippen LogP contribution >= 0.6 is 0 Å². The molecule has 0 heterocycles. The van der Waals surface area contributed by atoms with E-state index in [2.05, 4.69) is 5.32 Å². The van der Waals surface area contributed by atoms with Crippen molar-refractivity contribution in [2.45, 2.75) is 45.6 Å². The van der Waals surface area contributed by atoms with E-state index in [9.17, 15) is 9.59 Å². The summed E-state index contributed by atoms with van der Waals surface area (Å²) < 4.78 is 0. The van der Waals surface area contributed by atoms with Crippen molar-refractivity contribution in [3.05, 3.63) is 35.9 Å². The summed E-state index contributed by atoms with van der Waals surface area (Å²) in [6, 6.07) is 9.17. The van der Waals surface area contributed by atoms with E-state index in [1.165, 1.54) is 5.56 Å². The zero-order valence-corrected chi connectivity index (χ0v) is 12.1. The van der Waals surface area contributed by atoms with Crippen LogP contribution in [0.3, 0.4) is 0 Å². The lowest BCUT2D eigenvalue weighted by atomic mass is 10.0. The molecule has 0 radical (unpaired) electrons. The van der Waals surface area contributed by atoms with E-state index >= 15 is 0 Å². The number of nitrogens with one attached hydrogen (secondary N) is 1. The van der Waals surface area contributed by atoms with E-state index in [0.29, 0.717) is 12.8 Å². The SMILES string of the molecule is CC(C)C[C@H](NC(=O)CCCc1ccccc1)C(=O)O. The predicted molar refractivity (Wildman–Crippen MR) is 78.4 cm³/mol. The van der Waals surface area contributed by atoms with Crippen LogP contribution in [0.1, 0.15) is 38.7 Å². The summed E-state index contributed by atoms with van der Waals surface area (Å²) in [6.07, 6.45) is 2.37. The van der Waals surface area contributed by atoms with Crippen LogP contribution in [0, 0.1) is 5.92 Å². The van der Waals surface area contributed by atoms with Gasteiger partial charge in [-0.25, -0.2) is 4.79 Å². The number of hydrogen-bond acceptors (Lipinski definition) is 2. The van der Waals surface area contributed by atoms with Crippen LogP contribution in [0.2, 0.25) is 0 Å². The first kappa shape index (κ1) is 16.2. The van der Waals surface area contributed by atoms with E-state index in [0.717, 1.165) is 12.8 Å². The van der Waals surface area contributed by atoms with Crippen molar-refractivity contribution in [2.75, 3.05) is 0 Å². The highest BCUT2D eigenvalue weighted by atomic mass is 16.4. The second kappa shape index (κ2) is 8.35. The number of carbonyl (C=O) groups is 2. The fraction of sp³-hybridized carbons (Fsp3) is 0.500. The fourth-order valence-corrected chi connectivity index (χ4v) is 2.06. The first-order chi connectivity index (χ1) is 9.49. The Morgan fingerprint density at radius 3 is 2.40 bits per heavy atom. The van der Waals surface area contributed by atoms with E-state index in [4.69, 9.17) is 5.11 Å². The second-order valence-corrected chi connectivity index (χ2v) is 5.43. The third-order valence-corrected chi connectivity index (χ3v) is 3.05. The molecule has 0 saturated carbocycles. The molecular weight excluding hydrogens is 254 g/mol. The molecule has 2 N–H and O–H groups in total. The van der Waals surface area contributed by atoms with Gasteiger partial charge in [-0.15, -0.1) is 0 Å². The van der Waals surface area contributed by atoms with Gasteiger partial charge in [0.05, 0.1) is 0 Å². The maximum atomic E-state index is 11.8. The second-order valence-electron chi connectivity index (χ2n) is 5.43. The first-order valence-electron chi connectivity index (χ1n) is 7.05. The van der Waals surface area contributed by atoms with Crippen LogP contribution in [0.5, 0.6) is 0 Å². The van der Waals surface area contributed by atoms with Crippen molar-refractivity contribution in [1.29, 1.82) is 0 Å². The van der Waals surface area contributed by atoms with Crippen LogP contribution in [-0.2, 0) is 16.0 Å². The molecule has 0 saturated heterocycles. The molecule has 0 aromatic heterocycles. The van der Waals surface area contributed by atoms with Gasteiger partial charge in [0.15, 0.2) is 0 Å². The minimum absolute atomic E-state index is 0.186. The summed E-state index contributed by atoms with van der Waals surface area (Å²) >= 11 is 0. The smallest absolute Gasteiger partial charge is 0.326 e. The van der Waals surface area contributed by atoms with Gasteiger partial charge in [0.25, 0.3) is 0 Å². The molecule has 0 unspecified atom stereocenters. The van der Waals surface area contributed by atoms with Crippen LogP contribution in [-0.4, -0.2) is 23.0 Å². The van der Waals surface area contributed by atoms with Gasteiger partial charge in [-0.2, -0.15) is 0 Å². The van der Waals surface area contributed by atoms with Crippen molar-refractivity contribution in [3.8, 4) is 0 Å². The molecule has 110 valence electrons. The topological polar surface area (TPSA) is 66.4 Å². The highest BCUT2D eigenvalue weighted by Gasteiger charge is 2.20. The van der Waals surface area contributed by atoms with Gasteiger partial charge in [-0.1, -0.05) is 44.2 Å². The number of carboxylic acids is 1.